The Labute approximate surface area is 67.7 Å². The highest BCUT2D eigenvalue weighted by Gasteiger charge is 1.93. The normalized spacial score (nSPS) is 10.1. The number of rotatable bonds is 2. The maximum Gasteiger partial charge on any atom is 0.0471 e. The molecule has 0 aliphatic rings. The monoisotopic (exact) mass is 150 g/mol. The summed E-state index contributed by atoms with van der Waals surface area (Å²) in [4.78, 5) is 0. The summed E-state index contributed by atoms with van der Waals surface area (Å²) in [7, 11) is 0. The van der Waals surface area contributed by atoms with E-state index in [1.807, 2.05) is 0 Å². The average molecular weight is 150 g/mol. The minimum Gasteiger partial charge on any atom is -0.396 e. The SMILES string of the molecule is Cc1cc(C)cc(CCO)c1. The van der Waals surface area contributed by atoms with Crippen LogP contribution in [0.2, 0.25) is 0 Å². The zero-order chi connectivity index (χ0) is 8.27. The lowest BCUT2D eigenvalue weighted by atomic mass is 10.1. The van der Waals surface area contributed by atoms with Gasteiger partial charge in [0, 0.05) is 6.61 Å². The lowest BCUT2D eigenvalue weighted by Crippen LogP contribution is -1.91. The van der Waals surface area contributed by atoms with Gasteiger partial charge in [-0.15, -0.1) is 0 Å². The van der Waals surface area contributed by atoms with E-state index in [1.165, 1.54) is 16.7 Å². The predicted molar refractivity (Wildman–Crippen MR) is 46.7 cm³/mol. The molecule has 1 N–H and O–H groups in total. The molecule has 1 rings (SSSR count). The van der Waals surface area contributed by atoms with Gasteiger partial charge in [0.2, 0.25) is 0 Å². The molecule has 0 amide bonds. The minimum absolute atomic E-state index is 0.239. The number of benzene rings is 1. The molecule has 1 aromatic rings. The van der Waals surface area contributed by atoms with Crippen molar-refractivity contribution in [2.75, 3.05) is 6.61 Å². The Morgan fingerprint density at radius 1 is 1.09 bits per heavy atom. The molecule has 0 spiro atoms. The first-order valence-corrected chi connectivity index (χ1v) is 3.90. The van der Waals surface area contributed by atoms with Crippen LogP contribution in [0.1, 0.15) is 16.7 Å². The van der Waals surface area contributed by atoms with Crippen molar-refractivity contribution in [1.29, 1.82) is 0 Å². The van der Waals surface area contributed by atoms with Gasteiger partial charge in [0.05, 0.1) is 0 Å². The first-order chi connectivity index (χ1) is 5.22. The van der Waals surface area contributed by atoms with Crippen LogP contribution in [0.4, 0.5) is 0 Å². The van der Waals surface area contributed by atoms with E-state index < -0.39 is 0 Å². The highest BCUT2D eigenvalue weighted by molar-refractivity contribution is 5.28. The highest BCUT2D eigenvalue weighted by atomic mass is 16.2. The number of aryl methyl sites for hydroxylation is 2. The van der Waals surface area contributed by atoms with Gasteiger partial charge in [-0.25, -0.2) is 0 Å². The van der Waals surface area contributed by atoms with Crippen LogP contribution in [0.15, 0.2) is 18.2 Å². The fourth-order valence-electron chi connectivity index (χ4n) is 1.34. The number of aliphatic hydroxyl groups is 1. The molecule has 60 valence electrons. The van der Waals surface area contributed by atoms with Gasteiger partial charge in [0.1, 0.15) is 0 Å². The van der Waals surface area contributed by atoms with Crippen molar-refractivity contribution in [3.8, 4) is 0 Å². The maximum absolute atomic E-state index is 8.70. The van der Waals surface area contributed by atoms with E-state index in [-0.39, 0.29) is 6.61 Å². The zero-order valence-electron chi connectivity index (χ0n) is 7.09. The van der Waals surface area contributed by atoms with Crippen molar-refractivity contribution in [2.24, 2.45) is 0 Å². The minimum atomic E-state index is 0.239. The Morgan fingerprint density at radius 3 is 2.09 bits per heavy atom. The topological polar surface area (TPSA) is 20.2 Å². The fraction of sp³-hybridized carbons (Fsp3) is 0.400. The Balaban J connectivity index is 2.89. The molecule has 0 saturated heterocycles. The Bertz CT molecular complexity index is 220. The van der Waals surface area contributed by atoms with E-state index in [1.54, 1.807) is 0 Å². The Morgan fingerprint density at radius 2 is 1.64 bits per heavy atom. The van der Waals surface area contributed by atoms with E-state index in [2.05, 4.69) is 32.0 Å². The van der Waals surface area contributed by atoms with Crippen LogP contribution in [0.3, 0.4) is 0 Å². The lowest BCUT2D eigenvalue weighted by Gasteiger charge is -2.01. The summed E-state index contributed by atoms with van der Waals surface area (Å²) in [6.07, 6.45) is 0.766. The van der Waals surface area contributed by atoms with Crippen molar-refractivity contribution in [1.82, 2.24) is 0 Å². The molecule has 1 heteroatoms. The second-order valence-electron chi connectivity index (χ2n) is 2.97. The van der Waals surface area contributed by atoms with Gasteiger partial charge in [-0.1, -0.05) is 29.3 Å². The van der Waals surface area contributed by atoms with Gasteiger partial charge in [-0.2, -0.15) is 0 Å². The smallest absolute Gasteiger partial charge is 0.0471 e. The summed E-state index contributed by atoms with van der Waals surface area (Å²) in [6, 6.07) is 6.37. The van der Waals surface area contributed by atoms with Gasteiger partial charge in [-0.3, -0.25) is 0 Å². The molecule has 1 nitrogen and oxygen atoms in total. The molecule has 11 heavy (non-hydrogen) atoms. The molecule has 1 aromatic carbocycles. The number of hydrogen-bond donors (Lipinski definition) is 1. The van der Waals surface area contributed by atoms with Crippen molar-refractivity contribution in [2.45, 2.75) is 20.3 Å². The van der Waals surface area contributed by atoms with Crippen molar-refractivity contribution >= 4 is 0 Å². The van der Waals surface area contributed by atoms with E-state index in [0.29, 0.717) is 0 Å². The van der Waals surface area contributed by atoms with Crippen molar-refractivity contribution in [3.63, 3.8) is 0 Å². The average Bonchev–Trinajstić information content (AvgIpc) is 1.85. The van der Waals surface area contributed by atoms with Crippen LogP contribution in [0.5, 0.6) is 0 Å². The molecular formula is C10H14O. The molecular weight excluding hydrogens is 136 g/mol. The molecule has 0 unspecified atom stereocenters. The summed E-state index contributed by atoms with van der Waals surface area (Å²) in [6.45, 7) is 4.39. The molecule has 0 heterocycles. The van der Waals surface area contributed by atoms with Crippen LogP contribution >= 0.6 is 0 Å². The summed E-state index contributed by atoms with van der Waals surface area (Å²) >= 11 is 0. The first kappa shape index (κ1) is 8.28. The van der Waals surface area contributed by atoms with Crippen LogP contribution in [0, 0.1) is 13.8 Å². The van der Waals surface area contributed by atoms with Crippen LogP contribution in [-0.2, 0) is 6.42 Å². The molecule has 0 fully saturated rings. The molecule has 0 atom stereocenters. The van der Waals surface area contributed by atoms with E-state index in [0.717, 1.165) is 6.42 Å². The van der Waals surface area contributed by atoms with Crippen LogP contribution < -0.4 is 0 Å². The maximum atomic E-state index is 8.70. The predicted octanol–water partition coefficient (Wildman–Crippen LogP) is 1.84. The second-order valence-corrected chi connectivity index (χ2v) is 2.97. The first-order valence-electron chi connectivity index (χ1n) is 3.90. The lowest BCUT2D eigenvalue weighted by molar-refractivity contribution is 0.299. The van der Waals surface area contributed by atoms with Crippen molar-refractivity contribution < 1.29 is 5.11 Å². The zero-order valence-corrected chi connectivity index (χ0v) is 7.09. The summed E-state index contributed by atoms with van der Waals surface area (Å²) in [5.41, 5.74) is 3.77. The molecule has 0 aliphatic carbocycles. The largest absolute Gasteiger partial charge is 0.396 e. The van der Waals surface area contributed by atoms with Gasteiger partial charge in [-0.05, 0) is 25.8 Å². The van der Waals surface area contributed by atoms with E-state index >= 15 is 0 Å². The molecule has 0 bridgehead atoms. The number of hydrogen-bond acceptors (Lipinski definition) is 1. The highest BCUT2D eigenvalue weighted by Crippen LogP contribution is 2.08. The van der Waals surface area contributed by atoms with Gasteiger partial charge >= 0.3 is 0 Å². The van der Waals surface area contributed by atoms with Gasteiger partial charge in [0.15, 0.2) is 0 Å². The Hall–Kier alpha value is -0.820. The van der Waals surface area contributed by atoms with Gasteiger partial charge < -0.3 is 5.11 Å². The molecule has 0 aromatic heterocycles. The summed E-state index contributed by atoms with van der Waals surface area (Å²) in [5.74, 6) is 0. The third kappa shape index (κ3) is 2.35. The molecule has 0 aliphatic heterocycles. The van der Waals surface area contributed by atoms with Crippen LogP contribution in [-0.4, -0.2) is 11.7 Å². The Kier molecular flexibility index (Phi) is 2.66. The molecule has 0 radical (unpaired) electrons. The number of aliphatic hydroxyl groups excluding tert-OH is 1. The second kappa shape index (κ2) is 3.54. The van der Waals surface area contributed by atoms with Gasteiger partial charge in [0.25, 0.3) is 0 Å². The molecule has 0 saturated carbocycles. The fourth-order valence-corrected chi connectivity index (χ4v) is 1.34. The van der Waals surface area contributed by atoms with Crippen molar-refractivity contribution in [3.05, 3.63) is 34.9 Å². The standard InChI is InChI=1S/C10H14O/c1-8-5-9(2)7-10(6-8)3-4-11/h5-7,11H,3-4H2,1-2H3. The quantitative estimate of drug-likeness (QED) is 0.682. The summed E-state index contributed by atoms with van der Waals surface area (Å²) < 4.78 is 0. The third-order valence-corrected chi connectivity index (χ3v) is 1.68. The summed E-state index contributed by atoms with van der Waals surface area (Å²) in [5, 5.41) is 8.70. The van der Waals surface area contributed by atoms with E-state index in [4.69, 9.17) is 5.11 Å². The third-order valence-electron chi connectivity index (χ3n) is 1.68. The van der Waals surface area contributed by atoms with E-state index in [9.17, 15) is 0 Å². The van der Waals surface area contributed by atoms with Crippen LogP contribution in [0.25, 0.3) is 0 Å².